The minimum atomic E-state index is 0.238. The zero-order valence-corrected chi connectivity index (χ0v) is 10.4. The van der Waals surface area contributed by atoms with Gasteiger partial charge in [0.25, 0.3) is 0 Å². The first-order chi connectivity index (χ1) is 7.11. The molecule has 1 unspecified atom stereocenters. The lowest BCUT2D eigenvalue weighted by molar-refractivity contribution is 0.182. The van der Waals surface area contributed by atoms with Gasteiger partial charge in [0.15, 0.2) is 0 Å². The van der Waals surface area contributed by atoms with E-state index in [9.17, 15) is 0 Å². The fraction of sp³-hybridized carbons (Fsp3) is 0.833. The largest absolute Gasteiger partial charge is 0.385 e. The second-order valence-corrected chi connectivity index (χ2v) is 4.23. The average Bonchev–Trinajstić information content (AvgIpc) is 2.17. The molecule has 0 rings (SSSR count). The highest BCUT2D eigenvalue weighted by atomic mass is 16.5. The van der Waals surface area contributed by atoms with Crippen molar-refractivity contribution in [2.75, 3.05) is 26.8 Å². The van der Waals surface area contributed by atoms with Crippen LogP contribution in [0.15, 0.2) is 12.7 Å². The first kappa shape index (κ1) is 14.6. The van der Waals surface area contributed by atoms with E-state index in [0.29, 0.717) is 6.04 Å². The van der Waals surface area contributed by atoms with Gasteiger partial charge >= 0.3 is 0 Å². The number of hydrogen-bond donors (Lipinski definition) is 1. The molecule has 15 heavy (non-hydrogen) atoms. The number of methoxy groups -OCH3 is 1. The fourth-order valence-electron chi connectivity index (χ4n) is 1.54. The molecular weight excluding hydrogens is 188 g/mol. The van der Waals surface area contributed by atoms with Gasteiger partial charge in [-0.05, 0) is 26.7 Å². The van der Waals surface area contributed by atoms with Gasteiger partial charge < -0.3 is 10.5 Å². The number of nitrogens with two attached hydrogens (primary N) is 1. The van der Waals surface area contributed by atoms with E-state index >= 15 is 0 Å². The Kier molecular flexibility index (Phi) is 8.67. The molecule has 0 aliphatic carbocycles. The summed E-state index contributed by atoms with van der Waals surface area (Å²) in [6.45, 7) is 10.8. The summed E-state index contributed by atoms with van der Waals surface area (Å²) in [6.07, 6.45) is 3.99. The normalized spacial score (nSPS) is 13.5. The van der Waals surface area contributed by atoms with Gasteiger partial charge in [-0.2, -0.15) is 0 Å². The highest BCUT2D eigenvalue weighted by Gasteiger charge is 2.11. The highest BCUT2D eigenvalue weighted by Crippen LogP contribution is 2.03. The van der Waals surface area contributed by atoms with Crippen LogP contribution in [0.25, 0.3) is 0 Å². The van der Waals surface area contributed by atoms with E-state index in [0.717, 1.165) is 32.5 Å². The van der Waals surface area contributed by atoms with Crippen molar-refractivity contribution in [3.8, 4) is 0 Å². The van der Waals surface area contributed by atoms with Crippen LogP contribution in [0.5, 0.6) is 0 Å². The van der Waals surface area contributed by atoms with Crippen molar-refractivity contribution < 1.29 is 4.74 Å². The molecule has 0 aromatic heterocycles. The third-order valence-electron chi connectivity index (χ3n) is 2.49. The Morgan fingerprint density at radius 1 is 1.47 bits per heavy atom. The SMILES string of the molecule is C=CCN(CC(N)CCCOC)C(C)C. The number of hydrogen-bond acceptors (Lipinski definition) is 3. The maximum atomic E-state index is 6.05. The molecule has 0 aliphatic rings. The molecule has 0 amide bonds. The molecule has 1 atom stereocenters. The topological polar surface area (TPSA) is 38.5 Å². The summed E-state index contributed by atoms with van der Waals surface area (Å²) in [6, 6.07) is 0.763. The van der Waals surface area contributed by atoms with E-state index in [1.54, 1.807) is 7.11 Å². The Hall–Kier alpha value is -0.380. The average molecular weight is 214 g/mol. The van der Waals surface area contributed by atoms with Gasteiger partial charge in [0, 0.05) is 38.9 Å². The van der Waals surface area contributed by atoms with E-state index in [1.807, 2.05) is 6.08 Å². The molecule has 3 heteroatoms. The van der Waals surface area contributed by atoms with Crippen LogP contribution in [-0.4, -0.2) is 43.8 Å². The van der Waals surface area contributed by atoms with Crippen LogP contribution in [0.3, 0.4) is 0 Å². The molecule has 0 fully saturated rings. The molecule has 0 spiro atoms. The Balaban J connectivity index is 3.77. The van der Waals surface area contributed by atoms with E-state index in [2.05, 4.69) is 25.3 Å². The molecule has 0 aromatic carbocycles. The summed E-state index contributed by atoms with van der Waals surface area (Å²) in [4.78, 5) is 2.34. The fourth-order valence-corrected chi connectivity index (χ4v) is 1.54. The standard InChI is InChI=1S/C12H26N2O/c1-5-8-14(11(2)3)10-12(13)7-6-9-15-4/h5,11-12H,1,6-10,13H2,2-4H3. The minimum Gasteiger partial charge on any atom is -0.385 e. The molecule has 0 aliphatic heterocycles. The quantitative estimate of drug-likeness (QED) is 0.468. The Bertz CT molecular complexity index is 160. The van der Waals surface area contributed by atoms with Gasteiger partial charge in [0.05, 0.1) is 0 Å². The van der Waals surface area contributed by atoms with Gasteiger partial charge in [-0.25, -0.2) is 0 Å². The third kappa shape index (κ3) is 7.54. The molecular formula is C12H26N2O. The van der Waals surface area contributed by atoms with Crippen molar-refractivity contribution in [3.63, 3.8) is 0 Å². The van der Waals surface area contributed by atoms with Crippen LogP contribution in [0.4, 0.5) is 0 Å². The Morgan fingerprint density at radius 3 is 2.60 bits per heavy atom. The van der Waals surface area contributed by atoms with E-state index in [1.165, 1.54) is 0 Å². The summed E-state index contributed by atoms with van der Waals surface area (Å²) in [7, 11) is 1.73. The summed E-state index contributed by atoms with van der Waals surface area (Å²) < 4.78 is 5.01. The van der Waals surface area contributed by atoms with Gasteiger partial charge in [-0.15, -0.1) is 6.58 Å². The molecule has 0 saturated carbocycles. The lowest BCUT2D eigenvalue weighted by atomic mass is 10.1. The number of ether oxygens (including phenoxy) is 1. The van der Waals surface area contributed by atoms with Crippen LogP contribution < -0.4 is 5.73 Å². The predicted molar refractivity (Wildman–Crippen MR) is 66.0 cm³/mol. The van der Waals surface area contributed by atoms with Crippen LogP contribution in [-0.2, 0) is 4.74 Å². The molecule has 0 radical (unpaired) electrons. The highest BCUT2D eigenvalue weighted by molar-refractivity contribution is 4.78. The van der Waals surface area contributed by atoms with Crippen LogP contribution in [0, 0.1) is 0 Å². The molecule has 0 heterocycles. The predicted octanol–water partition coefficient (Wildman–Crippen LogP) is 1.64. The van der Waals surface area contributed by atoms with Crippen molar-refractivity contribution >= 4 is 0 Å². The zero-order chi connectivity index (χ0) is 11.7. The van der Waals surface area contributed by atoms with Gasteiger partial charge in [0.2, 0.25) is 0 Å². The maximum Gasteiger partial charge on any atom is 0.0462 e. The molecule has 0 saturated heterocycles. The molecule has 2 N–H and O–H groups in total. The Morgan fingerprint density at radius 2 is 2.13 bits per heavy atom. The second-order valence-electron chi connectivity index (χ2n) is 4.23. The van der Waals surface area contributed by atoms with Crippen molar-refractivity contribution in [3.05, 3.63) is 12.7 Å². The molecule has 0 aromatic rings. The Labute approximate surface area is 94.3 Å². The van der Waals surface area contributed by atoms with Crippen molar-refractivity contribution in [2.45, 2.75) is 38.8 Å². The van der Waals surface area contributed by atoms with E-state index < -0.39 is 0 Å². The zero-order valence-electron chi connectivity index (χ0n) is 10.4. The number of nitrogens with zero attached hydrogens (tertiary/aromatic N) is 1. The lowest BCUT2D eigenvalue weighted by Crippen LogP contribution is -2.41. The van der Waals surface area contributed by atoms with E-state index in [4.69, 9.17) is 10.5 Å². The summed E-state index contributed by atoms with van der Waals surface area (Å²) in [5.74, 6) is 0. The third-order valence-corrected chi connectivity index (χ3v) is 2.49. The van der Waals surface area contributed by atoms with Crippen LogP contribution in [0.1, 0.15) is 26.7 Å². The minimum absolute atomic E-state index is 0.238. The van der Waals surface area contributed by atoms with E-state index in [-0.39, 0.29) is 6.04 Å². The first-order valence-electron chi connectivity index (χ1n) is 5.71. The van der Waals surface area contributed by atoms with Gasteiger partial charge in [-0.3, -0.25) is 4.90 Å². The first-order valence-corrected chi connectivity index (χ1v) is 5.71. The summed E-state index contributed by atoms with van der Waals surface area (Å²) in [5, 5.41) is 0. The van der Waals surface area contributed by atoms with Crippen molar-refractivity contribution in [1.82, 2.24) is 4.90 Å². The second kappa shape index (κ2) is 8.89. The van der Waals surface area contributed by atoms with Crippen LogP contribution >= 0.6 is 0 Å². The van der Waals surface area contributed by atoms with Crippen molar-refractivity contribution in [2.24, 2.45) is 5.73 Å². The summed E-state index contributed by atoms with van der Waals surface area (Å²) >= 11 is 0. The van der Waals surface area contributed by atoms with Crippen molar-refractivity contribution in [1.29, 1.82) is 0 Å². The monoisotopic (exact) mass is 214 g/mol. The summed E-state index contributed by atoms with van der Waals surface area (Å²) in [5.41, 5.74) is 6.05. The lowest BCUT2D eigenvalue weighted by Gasteiger charge is -2.28. The molecule has 90 valence electrons. The van der Waals surface area contributed by atoms with Gasteiger partial charge in [0.1, 0.15) is 0 Å². The number of rotatable bonds is 9. The van der Waals surface area contributed by atoms with Gasteiger partial charge in [-0.1, -0.05) is 6.08 Å². The van der Waals surface area contributed by atoms with Crippen LogP contribution in [0.2, 0.25) is 0 Å². The maximum absolute atomic E-state index is 6.05. The molecule has 3 nitrogen and oxygen atoms in total. The smallest absolute Gasteiger partial charge is 0.0462 e. The molecule has 0 bridgehead atoms.